The van der Waals surface area contributed by atoms with Crippen LogP contribution in [0.4, 0.5) is 4.39 Å². The number of rotatable bonds is 4. The van der Waals surface area contributed by atoms with Gasteiger partial charge < -0.3 is 10.1 Å². The molecule has 0 aromatic heterocycles. The molecule has 0 bridgehead atoms. The zero-order valence-corrected chi connectivity index (χ0v) is 13.5. The summed E-state index contributed by atoms with van der Waals surface area (Å²) in [5.41, 5.74) is 1.59. The van der Waals surface area contributed by atoms with E-state index in [9.17, 15) is 9.18 Å². The van der Waals surface area contributed by atoms with Crippen molar-refractivity contribution in [3.05, 3.63) is 70.4 Å². The Kier molecular flexibility index (Phi) is 4.73. The fraction of sp³-hybridized carbons (Fsp3) is 0.0588. The molecule has 23 heavy (non-hydrogen) atoms. The van der Waals surface area contributed by atoms with Gasteiger partial charge in [0.2, 0.25) is 0 Å². The minimum absolute atomic E-state index is 0.189. The quantitative estimate of drug-likeness (QED) is 0.674. The lowest BCUT2D eigenvalue weighted by atomic mass is 10.2. The monoisotopic (exact) mass is 345 g/mol. The van der Waals surface area contributed by atoms with Gasteiger partial charge in [0.05, 0.1) is 4.91 Å². The number of carbonyl (C=O) groups is 1. The second kappa shape index (κ2) is 6.93. The predicted molar refractivity (Wildman–Crippen MR) is 93.5 cm³/mol. The van der Waals surface area contributed by atoms with Gasteiger partial charge in [-0.1, -0.05) is 48.2 Å². The summed E-state index contributed by atoms with van der Waals surface area (Å²) >= 11 is 6.19. The Hall–Kier alpha value is -2.18. The summed E-state index contributed by atoms with van der Waals surface area (Å²) in [4.78, 5) is 12.2. The smallest absolute Gasteiger partial charge is 0.263 e. The average molecular weight is 345 g/mol. The second-order valence-electron chi connectivity index (χ2n) is 4.84. The van der Waals surface area contributed by atoms with Crippen LogP contribution in [0.2, 0.25) is 0 Å². The molecule has 1 amide bonds. The van der Waals surface area contributed by atoms with Crippen molar-refractivity contribution in [3.8, 4) is 5.75 Å². The van der Waals surface area contributed by atoms with Gasteiger partial charge in [0.1, 0.15) is 22.5 Å². The van der Waals surface area contributed by atoms with Crippen LogP contribution < -0.4 is 10.1 Å². The first kappa shape index (κ1) is 15.7. The minimum Gasteiger partial charge on any atom is -0.489 e. The van der Waals surface area contributed by atoms with Crippen LogP contribution in [0, 0.1) is 5.82 Å². The maximum atomic E-state index is 13.1. The first-order valence-electron chi connectivity index (χ1n) is 6.82. The molecule has 2 aromatic rings. The normalized spacial score (nSPS) is 15.8. The number of amides is 1. The highest BCUT2D eigenvalue weighted by molar-refractivity contribution is 8.26. The van der Waals surface area contributed by atoms with Crippen LogP contribution in [-0.4, -0.2) is 10.2 Å². The molecule has 0 unspecified atom stereocenters. The third-order valence-electron chi connectivity index (χ3n) is 3.09. The lowest BCUT2D eigenvalue weighted by Gasteiger charge is -2.07. The number of ether oxygens (including phenoxy) is 1. The highest BCUT2D eigenvalue weighted by atomic mass is 32.2. The summed E-state index contributed by atoms with van der Waals surface area (Å²) < 4.78 is 19.3. The van der Waals surface area contributed by atoms with Gasteiger partial charge in [-0.05, 0) is 41.5 Å². The Morgan fingerprint density at radius 1 is 1.22 bits per heavy atom. The molecule has 116 valence electrons. The van der Waals surface area contributed by atoms with Gasteiger partial charge in [0, 0.05) is 0 Å². The summed E-state index contributed by atoms with van der Waals surface area (Å²) in [5.74, 6) is 0.172. The Morgan fingerprint density at radius 3 is 2.78 bits per heavy atom. The molecule has 1 saturated heterocycles. The van der Waals surface area contributed by atoms with Crippen molar-refractivity contribution in [1.29, 1.82) is 0 Å². The average Bonchev–Trinajstić information content (AvgIpc) is 2.83. The molecule has 1 N–H and O–H groups in total. The maximum absolute atomic E-state index is 13.1. The Bertz CT molecular complexity index is 805. The zero-order chi connectivity index (χ0) is 16.2. The third kappa shape index (κ3) is 4.18. The topological polar surface area (TPSA) is 38.3 Å². The molecule has 3 rings (SSSR count). The largest absolute Gasteiger partial charge is 0.489 e. The Morgan fingerprint density at radius 2 is 2.04 bits per heavy atom. The van der Waals surface area contributed by atoms with E-state index in [1.165, 1.54) is 23.9 Å². The van der Waals surface area contributed by atoms with E-state index >= 15 is 0 Å². The van der Waals surface area contributed by atoms with E-state index in [1.54, 1.807) is 18.2 Å². The van der Waals surface area contributed by atoms with Crippen molar-refractivity contribution >= 4 is 40.3 Å². The van der Waals surface area contributed by atoms with E-state index in [4.69, 9.17) is 17.0 Å². The molecule has 2 aromatic carbocycles. The third-order valence-corrected chi connectivity index (χ3v) is 4.26. The lowest BCUT2D eigenvalue weighted by molar-refractivity contribution is -0.115. The number of benzene rings is 2. The van der Waals surface area contributed by atoms with Crippen LogP contribution in [0.25, 0.3) is 6.08 Å². The highest BCUT2D eigenvalue weighted by Crippen LogP contribution is 2.27. The van der Waals surface area contributed by atoms with E-state index in [0.29, 0.717) is 15.0 Å². The van der Waals surface area contributed by atoms with Crippen LogP contribution in [0.1, 0.15) is 11.1 Å². The molecule has 1 aliphatic heterocycles. The van der Waals surface area contributed by atoms with Gasteiger partial charge in [0.15, 0.2) is 0 Å². The molecule has 1 fully saturated rings. The number of carbonyl (C=O) groups excluding carboxylic acids is 1. The van der Waals surface area contributed by atoms with Crippen molar-refractivity contribution in [2.75, 3.05) is 0 Å². The lowest BCUT2D eigenvalue weighted by Crippen LogP contribution is -2.17. The summed E-state index contributed by atoms with van der Waals surface area (Å²) in [6, 6.07) is 13.6. The summed E-state index contributed by atoms with van der Waals surface area (Å²) in [5, 5.41) is 2.57. The van der Waals surface area contributed by atoms with Gasteiger partial charge >= 0.3 is 0 Å². The number of hydrogen-bond donors (Lipinski definition) is 1. The summed E-state index contributed by atoms with van der Waals surface area (Å²) in [6.07, 6.45) is 1.76. The van der Waals surface area contributed by atoms with Gasteiger partial charge in [-0.3, -0.25) is 4.79 Å². The number of halogens is 1. The van der Waals surface area contributed by atoms with Gasteiger partial charge in [-0.2, -0.15) is 0 Å². The van der Waals surface area contributed by atoms with Crippen molar-refractivity contribution in [1.82, 2.24) is 5.32 Å². The number of nitrogens with one attached hydrogen (secondary N) is 1. The zero-order valence-electron chi connectivity index (χ0n) is 11.9. The number of thiocarbonyl (C=S) groups is 1. The molecule has 0 saturated carbocycles. The molecule has 1 aliphatic rings. The molecule has 1 heterocycles. The van der Waals surface area contributed by atoms with Crippen LogP contribution in [0.3, 0.4) is 0 Å². The molecule has 0 radical (unpaired) electrons. The van der Waals surface area contributed by atoms with Crippen LogP contribution in [0.15, 0.2) is 53.4 Å². The number of hydrogen-bond acceptors (Lipinski definition) is 4. The van der Waals surface area contributed by atoms with E-state index < -0.39 is 0 Å². The van der Waals surface area contributed by atoms with Gasteiger partial charge in [0.25, 0.3) is 5.91 Å². The molecule has 3 nitrogen and oxygen atoms in total. The van der Waals surface area contributed by atoms with E-state index in [-0.39, 0.29) is 18.3 Å². The SMILES string of the molecule is O=C1NC(=S)S/C1=C\c1cccc(OCc2cccc(F)c2)c1. The Labute approximate surface area is 142 Å². The van der Waals surface area contributed by atoms with Crippen molar-refractivity contribution in [2.24, 2.45) is 0 Å². The van der Waals surface area contributed by atoms with E-state index in [2.05, 4.69) is 5.32 Å². The molecular weight excluding hydrogens is 333 g/mol. The first-order valence-corrected chi connectivity index (χ1v) is 8.05. The maximum Gasteiger partial charge on any atom is 0.263 e. The van der Waals surface area contributed by atoms with Crippen molar-refractivity contribution in [3.63, 3.8) is 0 Å². The van der Waals surface area contributed by atoms with Gasteiger partial charge in [-0.25, -0.2) is 4.39 Å². The first-order chi connectivity index (χ1) is 11.1. The van der Waals surface area contributed by atoms with Crippen molar-refractivity contribution < 1.29 is 13.9 Å². The summed E-state index contributed by atoms with van der Waals surface area (Å²) in [6.45, 7) is 0.275. The standard InChI is InChI=1S/C17H12FNO2S2/c18-13-5-1-4-12(7-13)10-21-14-6-2-3-11(8-14)9-15-16(20)19-17(22)23-15/h1-9H,10H2,(H,19,20,22)/b15-9-. The molecule has 6 heteroatoms. The fourth-order valence-electron chi connectivity index (χ4n) is 2.06. The molecule has 0 atom stereocenters. The van der Waals surface area contributed by atoms with Crippen LogP contribution in [0.5, 0.6) is 5.75 Å². The van der Waals surface area contributed by atoms with E-state index in [0.717, 1.165) is 11.1 Å². The number of thioether (sulfide) groups is 1. The molecular formula is C17H12FNO2S2. The Balaban J connectivity index is 1.71. The predicted octanol–water partition coefficient (Wildman–Crippen LogP) is 3.89. The molecule has 0 spiro atoms. The molecule has 0 aliphatic carbocycles. The minimum atomic E-state index is -0.287. The summed E-state index contributed by atoms with van der Waals surface area (Å²) in [7, 11) is 0. The fourth-order valence-corrected chi connectivity index (χ4v) is 3.10. The van der Waals surface area contributed by atoms with Crippen molar-refractivity contribution in [2.45, 2.75) is 6.61 Å². The highest BCUT2D eigenvalue weighted by Gasteiger charge is 2.21. The van der Waals surface area contributed by atoms with E-state index in [1.807, 2.05) is 24.3 Å². The van der Waals surface area contributed by atoms with Crippen LogP contribution >= 0.6 is 24.0 Å². The second-order valence-corrected chi connectivity index (χ2v) is 6.56. The van der Waals surface area contributed by atoms with Gasteiger partial charge in [-0.15, -0.1) is 0 Å². The van der Waals surface area contributed by atoms with Crippen LogP contribution in [-0.2, 0) is 11.4 Å².